The molecule has 0 amide bonds. The van der Waals surface area contributed by atoms with Gasteiger partial charge < -0.3 is 4.74 Å². The first-order valence-corrected chi connectivity index (χ1v) is 15.5. The van der Waals surface area contributed by atoms with Crippen LogP contribution in [0.3, 0.4) is 0 Å². The Morgan fingerprint density at radius 2 is 0.844 bits per heavy atom. The lowest BCUT2D eigenvalue weighted by atomic mass is 9.81. The lowest BCUT2D eigenvalue weighted by Gasteiger charge is -2.24. The van der Waals surface area contributed by atoms with Crippen LogP contribution < -0.4 is 4.74 Å². The lowest BCUT2D eigenvalue weighted by Crippen LogP contribution is -1.98. The van der Waals surface area contributed by atoms with Gasteiger partial charge >= 0.3 is 0 Å². The second kappa shape index (κ2) is 9.29. The van der Waals surface area contributed by atoms with Crippen molar-refractivity contribution in [2.75, 3.05) is 0 Å². The maximum atomic E-state index is 6.50. The van der Waals surface area contributed by atoms with E-state index in [4.69, 9.17) is 4.74 Å². The van der Waals surface area contributed by atoms with Crippen molar-refractivity contribution in [2.45, 2.75) is 0 Å². The molecule has 45 heavy (non-hydrogen) atoms. The van der Waals surface area contributed by atoms with E-state index in [0.29, 0.717) is 0 Å². The van der Waals surface area contributed by atoms with E-state index < -0.39 is 0 Å². The number of hydrogen-bond donors (Lipinski definition) is 0. The molecule has 0 unspecified atom stereocenters. The molecule has 0 aromatic heterocycles. The number of rotatable bonds is 2. The fraction of sp³-hybridized carbons (Fsp3) is 0. The van der Waals surface area contributed by atoms with Gasteiger partial charge in [0.2, 0.25) is 0 Å². The molecular formula is C44H26O. The lowest BCUT2D eigenvalue weighted by molar-refractivity contribution is 0.487. The monoisotopic (exact) mass is 570 g/mol. The Morgan fingerprint density at radius 1 is 0.267 bits per heavy atom. The van der Waals surface area contributed by atoms with Gasteiger partial charge in [0.15, 0.2) is 0 Å². The van der Waals surface area contributed by atoms with Crippen molar-refractivity contribution in [1.29, 1.82) is 0 Å². The molecule has 0 saturated heterocycles. The van der Waals surface area contributed by atoms with Gasteiger partial charge in [0, 0.05) is 10.9 Å². The Morgan fingerprint density at radius 3 is 1.71 bits per heavy atom. The van der Waals surface area contributed by atoms with Crippen LogP contribution in [0.2, 0.25) is 0 Å². The summed E-state index contributed by atoms with van der Waals surface area (Å²) in [4.78, 5) is 0. The summed E-state index contributed by atoms with van der Waals surface area (Å²) < 4.78 is 6.50. The first-order valence-electron chi connectivity index (χ1n) is 15.5. The molecule has 0 atom stereocenters. The minimum atomic E-state index is 0.909. The molecule has 0 radical (unpaired) electrons. The van der Waals surface area contributed by atoms with E-state index in [-0.39, 0.29) is 0 Å². The molecule has 0 spiro atoms. The van der Waals surface area contributed by atoms with Crippen LogP contribution in [0.1, 0.15) is 0 Å². The van der Waals surface area contributed by atoms with Crippen molar-refractivity contribution >= 4 is 53.9 Å². The van der Waals surface area contributed by atoms with E-state index in [1.165, 1.54) is 81.7 Å². The average molecular weight is 571 g/mol. The quantitative estimate of drug-likeness (QED) is 0.148. The summed E-state index contributed by atoms with van der Waals surface area (Å²) in [5, 5.41) is 12.5. The third kappa shape index (κ3) is 3.44. The number of para-hydroxylation sites is 1. The van der Waals surface area contributed by atoms with Crippen molar-refractivity contribution in [3.63, 3.8) is 0 Å². The number of fused-ring (bicyclic) bond motifs is 7. The molecule has 0 bridgehead atoms. The van der Waals surface area contributed by atoms with Gasteiger partial charge in [0.25, 0.3) is 0 Å². The largest absolute Gasteiger partial charge is 0.456 e. The van der Waals surface area contributed by atoms with Crippen molar-refractivity contribution in [1.82, 2.24) is 0 Å². The molecule has 9 aromatic rings. The van der Waals surface area contributed by atoms with Gasteiger partial charge in [0.05, 0.1) is 0 Å². The van der Waals surface area contributed by atoms with Crippen LogP contribution in [-0.2, 0) is 0 Å². The summed E-state index contributed by atoms with van der Waals surface area (Å²) in [6.45, 7) is 0. The van der Waals surface area contributed by atoms with Crippen LogP contribution in [0.5, 0.6) is 11.5 Å². The van der Waals surface area contributed by atoms with Gasteiger partial charge in [-0.15, -0.1) is 0 Å². The first kappa shape index (κ1) is 24.5. The number of hydrogen-bond acceptors (Lipinski definition) is 1. The van der Waals surface area contributed by atoms with Crippen molar-refractivity contribution in [2.24, 2.45) is 0 Å². The molecule has 0 fully saturated rings. The van der Waals surface area contributed by atoms with Crippen molar-refractivity contribution in [3.05, 3.63) is 158 Å². The smallest absolute Gasteiger partial charge is 0.135 e. The van der Waals surface area contributed by atoms with E-state index in [1.807, 2.05) is 6.07 Å². The standard InChI is InChI=1S/C44H26O/c1-3-14-29-27(11-1)13-9-19-32(29)41-34-17-5-6-18-36(34)44(43-30-15-4-2-12-28(30)23-24-38(41)43)37-25-26-40-42-33(20-10-21-35(37)42)31-16-7-8-22-39(31)45-40/h1-26H. The summed E-state index contributed by atoms with van der Waals surface area (Å²) in [6, 6.07) is 57.3. The molecule has 0 N–H and O–H groups in total. The van der Waals surface area contributed by atoms with E-state index in [2.05, 4.69) is 152 Å². The molecule has 10 rings (SSSR count). The van der Waals surface area contributed by atoms with Gasteiger partial charge in [0.1, 0.15) is 11.5 Å². The van der Waals surface area contributed by atoms with Gasteiger partial charge in [-0.05, 0) is 94.5 Å². The summed E-state index contributed by atoms with van der Waals surface area (Å²) in [6.07, 6.45) is 0. The van der Waals surface area contributed by atoms with Crippen LogP contribution in [0, 0.1) is 0 Å². The minimum absolute atomic E-state index is 0.909. The molecule has 1 nitrogen and oxygen atoms in total. The minimum Gasteiger partial charge on any atom is -0.456 e. The van der Waals surface area contributed by atoms with Gasteiger partial charge in [-0.2, -0.15) is 0 Å². The maximum absolute atomic E-state index is 6.50. The molecule has 9 aromatic carbocycles. The van der Waals surface area contributed by atoms with Crippen LogP contribution in [0.25, 0.3) is 87.2 Å². The Hall–Kier alpha value is -5.92. The van der Waals surface area contributed by atoms with E-state index in [9.17, 15) is 0 Å². The fourth-order valence-electron chi connectivity index (χ4n) is 7.76. The van der Waals surface area contributed by atoms with E-state index >= 15 is 0 Å². The summed E-state index contributed by atoms with van der Waals surface area (Å²) in [5.74, 6) is 1.82. The van der Waals surface area contributed by atoms with Crippen molar-refractivity contribution < 1.29 is 4.74 Å². The van der Waals surface area contributed by atoms with Crippen LogP contribution in [-0.4, -0.2) is 0 Å². The number of ether oxygens (including phenoxy) is 1. The second-order valence-electron chi connectivity index (χ2n) is 12.0. The molecule has 1 aliphatic heterocycles. The molecule has 1 heteroatoms. The normalized spacial score (nSPS) is 12.2. The van der Waals surface area contributed by atoms with E-state index in [0.717, 1.165) is 17.1 Å². The van der Waals surface area contributed by atoms with Crippen LogP contribution in [0.15, 0.2) is 158 Å². The molecule has 1 aliphatic rings. The zero-order valence-electron chi connectivity index (χ0n) is 24.4. The molecule has 0 saturated carbocycles. The highest BCUT2D eigenvalue weighted by Crippen LogP contribution is 2.52. The summed E-state index contributed by atoms with van der Waals surface area (Å²) in [7, 11) is 0. The molecule has 1 heterocycles. The van der Waals surface area contributed by atoms with Crippen LogP contribution in [0.4, 0.5) is 0 Å². The highest BCUT2D eigenvalue weighted by Gasteiger charge is 2.24. The summed E-state index contributed by atoms with van der Waals surface area (Å²) >= 11 is 0. The maximum Gasteiger partial charge on any atom is 0.135 e. The zero-order valence-corrected chi connectivity index (χ0v) is 24.4. The SMILES string of the molecule is c1ccc2c(c1)Oc1ccc(-c3c4ccccc4c(-c4cccc5ccccc45)c4ccc5ccccc5c34)c3cccc-2c13. The Labute approximate surface area is 260 Å². The third-order valence-electron chi connectivity index (χ3n) is 9.64. The highest BCUT2D eigenvalue weighted by molar-refractivity contribution is 6.31. The predicted molar refractivity (Wildman–Crippen MR) is 190 cm³/mol. The number of benzene rings is 9. The predicted octanol–water partition coefficient (Wildman–Crippen LogP) is 12.6. The topological polar surface area (TPSA) is 9.23 Å². The van der Waals surface area contributed by atoms with Crippen LogP contribution >= 0.6 is 0 Å². The van der Waals surface area contributed by atoms with Gasteiger partial charge in [-0.25, -0.2) is 0 Å². The molecule has 0 aliphatic carbocycles. The van der Waals surface area contributed by atoms with Crippen molar-refractivity contribution in [3.8, 4) is 44.9 Å². The second-order valence-corrected chi connectivity index (χ2v) is 12.0. The third-order valence-corrected chi connectivity index (χ3v) is 9.64. The Bertz CT molecular complexity index is 2670. The first-order chi connectivity index (χ1) is 22.3. The summed E-state index contributed by atoms with van der Waals surface area (Å²) in [5.41, 5.74) is 7.39. The fourth-order valence-corrected chi connectivity index (χ4v) is 7.76. The van der Waals surface area contributed by atoms with E-state index in [1.54, 1.807) is 0 Å². The molecule has 208 valence electrons. The Kier molecular flexibility index (Phi) is 5.06. The Balaban J connectivity index is 1.42. The van der Waals surface area contributed by atoms with Gasteiger partial charge in [-0.3, -0.25) is 0 Å². The average Bonchev–Trinajstić information content (AvgIpc) is 3.11. The zero-order chi connectivity index (χ0) is 29.5. The highest BCUT2D eigenvalue weighted by atomic mass is 16.5. The van der Waals surface area contributed by atoms with Gasteiger partial charge in [-0.1, -0.05) is 140 Å². The molecular weight excluding hydrogens is 544 g/mol.